The Labute approximate surface area is 137 Å². The van der Waals surface area contributed by atoms with E-state index in [2.05, 4.69) is 10.3 Å². The Bertz CT molecular complexity index is 838. The van der Waals surface area contributed by atoms with Crippen molar-refractivity contribution < 1.29 is 9.18 Å². The van der Waals surface area contributed by atoms with Gasteiger partial charge in [-0.15, -0.1) is 0 Å². The van der Waals surface area contributed by atoms with Crippen LogP contribution in [0.15, 0.2) is 65.7 Å². The number of carbonyl (C=O) groups excluding carboxylic acids is 1. The minimum atomic E-state index is -0.309. The van der Waals surface area contributed by atoms with Crippen LogP contribution in [0.3, 0.4) is 0 Å². The second-order valence-electron chi connectivity index (χ2n) is 5.00. The van der Waals surface area contributed by atoms with Gasteiger partial charge in [0.25, 0.3) is 0 Å². The number of thioether (sulfide) groups is 1. The molecule has 1 heterocycles. The summed E-state index contributed by atoms with van der Waals surface area (Å²) in [5.41, 5.74) is 1.39. The normalized spacial score (nSPS) is 10.7. The molecule has 0 saturated carbocycles. The highest BCUT2D eigenvalue weighted by molar-refractivity contribution is 7.99. The molecule has 116 valence electrons. The van der Waals surface area contributed by atoms with Gasteiger partial charge >= 0.3 is 0 Å². The summed E-state index contributed by atoms with van der Waals surface area (Å²) < 4.78 is 13.5. The SMILES string of the molecule is O=C(CSc1ccc2ccccc2n1)NCc1ccccc1F. The van der Waals surface area contributed by atoms with Crippen LogP contribution in [-0.2, 0) is 11.3 Å². The van der Waals surface area contributed by atoms with E-state index >= 15 is 0 Å². The van der Waals surface area contributed by atoms with Crippen LogP contribution in [0.25, 0.3) is 10.9 Å². The number of fused-ring (bicyclic) bond motifs is 1. The minimum Gasteiger partial charge on any atom is -0.351 e. The molecular weight excluding hydrogens is 311 g/mol. The Morgan fingerprint density at radius 2 is 1.83 bits per heavy atom. The number of nitrogens with one attached hydrogen (secondary N) is 1. The quantitative estimate of drug-likeness (QED) is 0.726. The summed E-state index contributed by atoms with van der Waals surface area (Å²) in [5, 5.41) is 4.59. The molecule has 0 unspecified atom stereocenters. The van der Waals surface area contributed by atoms with Crippen LogP contribution < -0.4 is 5.32 Å². The van der Waals surface area contributed by atoms with Crippen molar-refractivity contribution in [3.63, 3.8) is 0 Å². The molecule has 0 spiro atoms. The van der Waals surface area contributed by atoms with Gasteiger partial charge < -0.3 is 5.32 Å². The third-order valence-corrected chi connectivity index (χ3v) is 4.29. The van der Waals surface area contributed by atoms with Crippen LogP contribution in [-0.4, -0.2) is 16.6 Å². The summed E-state index contributed by atoms with van der Waals surface area (Å²) in [6.07, 6.45) is 0. The first-order valence-electron chi connectivity index (χ1n) is 7.21. The number of hydrogen-bond donors (Lipinski definition) is 1. The van der Waals surface area contributed by atoms with Crippen LogP contribution >= 0.6 is 11.8 Å². The Morgan fingerprint density at radius 1 is 1.04 bits per heavy atom. The Balaban J connectivity index is 1.54. The van der Waals surface area contributed by atoms with Gasteiger partial charge in [-0.2, -0.15) is 0 Å². The average Bonchev–Trinajstić information content (AvgIpc) is 2.59. The topological polar surface area (TPSA) is 42.0 Å². The maximum absolute atomic E-state index is 13.5. The van der Waals surface area contributed by atoms with Gasteiger partial charge in [0.15, 0.2) is 0 Å². The lowest BCUT2D eigenvalue weighted by Gasteiger charge is -2.06. The van der Waals surface area contributed by atoms with Crippen molar-refractivity contribution >= 4 is 28.6 Å². The molecule has 0 atom stereocenters. The fraction of sp³-hybridized carbons (Fsp3) is 0.111. The highest BCUT2D eigenvalue weighted by atomic mass is 32.2. The van der Waals surface area contributed by atoms with Crippen LogP contribution in [0.2, 0.25) is 0 Å². The maximum Gasteiger partial charge on any atom is 0.230 e. The third-order valence-electron chi connectivity index (χ3n) is 3.36. The van der Waals surface area contributed by atoms with Crippen molar-refractivity contribution in [3.05, 3.63) is 72.0 Å². The molecule has 1 N–H and O–H groups in total. The van der Waals surface area contributed by atoms with Crippen molar-refractivity contribution in [1.82, 2.24) is 10.3 Å². The minimum absolute atomic E-state index is 0.145. The summed E-state index contributed by atoms with van der Waals surface area (Å²) >= 11 is 1.37. The number of nitrogens with zero attached hydrogens (tertiary/aromatic N) is 1. The molecule has 3 nitrogen and oxygen atoms in total. The predicted molar refractivity (Wildman–Crippen MR) is 90.7 cm³/mol. The number of amides is 1. The zero-order chi connectivity index (χ0) is 16.1. The molecule has 5 heteroatoms. The first-order chi connectivity index (χ1) is 11.2. The molecule has 1 aromatic heterocycles. The van der Waals surface area contributed by atoms with Crippen molar-refractivity contribution in [3.8, 4) is 0 Å². The lowest BCUT2D eigenvalue weighted by molar-refractivity contribution is -0.118. The van der Waals surface area contributed by atoms with Crippen molar-refractivity contribution in [1.29, 1.82) is 0 Å². The van der Waals surface area contributed by atoms with Gasteiger partial charge in [0.2, 0.25) is 5.91 Å². The molecule has 2 aromatic carbocycles. The molecule has 0 aliphatic carbocycles. The fourth-order valence-electron chi connectivity index (χ4n) is 2.15. The predicted octanol–water partition coefficient (Wildman–Crippen LogP) is 3.78. The van der Waals surface area contributed by atoms with Gasteiger partial charge in [-0.05, 0) is 18.2 Å². The Hall–Kier alpha value is -2.40. The van der Waals surface area contributed by atoms with E-state index in [4.69, 9.17) is 0 Å². The number of benzene rings is 2. The van der Waals surface area contributed by atoms with E-state index in [0.29, 0.717) is 5.56 Å². The van der Waals surface area contributed by atoms with Crippen LogP contribution in [0, 0.1) is 5.82 Å². The van der Waals surface area contributed by atoms with Crippen LogP contribution in [0.4, 0.5) is 4.39 Å². The van der Waals surface area contributed by atoms with E-state index < -0.39 is 0 Å². The number of rotatable bonds is 5. The molecule has 1 amide bonds. The molecule has 0 bridgehead atoms. The van der Waals surface area contributed by atoms with E-state index in [-0.39, 0.29) is 24.0 Å². The lowest BCUT2D eigenvalue weighted by atomic mass is 10.2. The second-order valence-corrected chi connectivity index (χ2v) is 5.99. The summed E-state index contributed by atoms with van der Waals surface area (Å²) in [6.45, 7) is 0.192. The van der Waals surface area contributed by atoms with E-state index in [9.17, 15) is 9.18 Å². The smallest absolute Gasteiger partial charge is 0.230 e. The van der Waals surface area contributed by atoms with E-state index in [1.807, 2.05) is 36.4 Å². The summed E-state index contributed by atoms with van der Waals surface area (Å²) in [7, 11) is 0. The van der Waals surface area contributed by atoms with E-state index in [1.165, 1.54) is 17.8 Å². The second kappa shape index (κ2) is 7.24. The molecule has 0 aliphatic rings. The zero-order valence-electron chi connectivity index (χ0n) is 12.3. The zero-order valence-corrected chi connectivity index (χ0v) is 13.1. The standard InChI is InChI=1S/C18H15FN2OS/c19-15-7-3-1-6-14(15)11-20-17(22)12-23-18-10-9-13-5-2-4-8-16(13)21-18/h1-10H,11-12H2,(H,20,22). The maximum atomic E-state index is 13.5. The lowest BCUT2D eigenvalue weighted by Crippen LogP contribution is -2.25. The fourth-order valence-corrected chi connectivity index (χ4v) is 2.86. The molecule has 23 heavy (non-hydrogen) atoms. The molecular formula is C18H15FN2OS. The number of aromatic nitrogens is 1. The number of pyridine rings is 1. The molecule has 3 rings (SSSR count). The first-order valence-corrected chi connectivity index (χ1v) is 8.19. The number of carbonyl (C=O) groups is 1. The van der Waals surface area contributed by atoms with Gasteiger partial charge in [-0.1, -0.05) is 54.2 Å². The van der Waals surface area contributed by atoms with Crippen molar-refractivity contribution in [2.45, 2.75) is 11.6 Å². The Kier molecular flexibility index (Phi) is 4.88. The number of para-hydroxylation sites is 1. The molecule has 0 saturated heterocycles. The first kappa shape index (κ1) is 15.5. The van der Waals surface area contributed by atoms with Gasteiger partial charge in [0, 0.05) is 17.5 Å². The number of halogens is 1. The van der Waals surface area contributed by atoms with Gasteiger partial charge in [-0.25, -0.2) is 9.37 Å². The molecule has 0 aliphatic heterocycles. The monoisotopic (exact) mass is 326 g/mol. The summed E-state index contributed by atoms with van der Waals surface area (Å²) in [6, 6.07) is 18.1. The van der Waals surface area contributed by atoms with E-state index in [1.54, 1.807) is 18.2 Å². The average molecular weight is 326 g/mol. The summed E-state index contributed by atoms with van der Waals surface area (Å²) in [5.74, 6) is -0.204. The van der Waals surface area contributed by atoms with Crippen molar-refractivity contribution in [2.75, 3.05) is 5.75 Å². The number of hydrogen-bond acceptors (Lipinski definition) is 3. The molecule has 0 radical (unpaired) electrons. The van der Waals surface area contributed by atoms with Gasteiger partial charge in [-0.3, -0.25) is 4.79 Å². The summed E-state index contributed by atoms with van der Waals surface area (Å²) in [4.78, 5) is 16.4. The van der Waals surface area contributed by atoms with Crippen LogP contribution in [0.5, 0.6) is 0 Å². The van der Waals surface area contributed by atoms with Gasteiger partial charge in [0.05, 0.1) is 16.3 Å². The highest BCUT2D eigenvalue weighted by Crippen LogP contribution is 2.19. The van der Waals surface area contributed by atoms with Crippen molar-refractivity contribution in [2.24, 2.45) is 0 Å². The van der Waals surface area contributed by atoms with Crippen LogP contribution in [0.1, 0.15) is 5.56 Å². The molecule has 0 fully saturated rings. The van der Waals surface area contributed by atoms with Gasteiger partial charge in [0.1, 0.15) is 5.82 Å². The molecule has 3 aromatic rings. The third kappa shape index (κ3) is 4.07. The largest absolute Gasteiger partial charge is 0.351 e. The highest BCUT2D eigenvalue weighted by Gasteiger charge is 2.06. The Morgan fingerprint density at radius 3 is 2.70 bits per heavy atom. The van der Waals surface area contributed by atoms with E-state index in [0.717, 1.165) is 15.9 Å².